The fourth-order valence-corrected chi connectivity index (χ4v) is 4.25. The van der Waals surface area contributed by atoms with Gasteiger partial charge in [0.05, 0.1) is 5.69 Å². The van der Waals surface area contributed by atoms with E-state index in [4.69, 9.17) is 11.6 Å². The Morgan fingerprint density at radius 1 is 1.41 bits per heavy atom. The highest BCUT2D eigenvalue weighted by atomic mass is 79.9. The third kappa shape index (κ3) is 2.83. The SMILES string of the molecule is O=C1CC(CS)CN1c1c(Br)cc(Cl)cc1Br. The normalized spacial score (nSPS) is 20.1. The summed E-state index contributed by atoms with van der Waals surface area (Å²) in [4.78, 5) is 13.7. The summed E-state index contributed by atoms with van der Waals surface area (Å²) in [5.74, 6) is 1.18. The quantitative estimate of drug-likeness (QED) is 0.741. The molecule has 1 saturated heterocycles. The first kappa shape index (κ1) is 13.7. The van der Waals surface area contributed by atoms with Crippen molar-refractivity contribution in [2.45, 2.75) is 6.42 Å². The maximum atomic E-state index is 12.0. The molecule has 1 atom stereocenters. The van der Waals surface area contributed by atoms with Crippen LogP contribution in [0.2, 0.25) is 5.02 Å². The molecule has 1 aliphatic rings. The minimum absolute atomic E-state index is 0.132. The van der Waals surface area contributed by atoms with Crippen LogP contribution in [0.3, 0.4) is 0 Å². The van der Waals surface area contributed by atoms with Crippen molar-refractivity contribution in [1.29, 1.82) is 0 Å². The van der Waals surface area contributed by atoms with Gasteiger partial charge in [-0.15, -0.1) is 0 Å². The van der Waals surface area contributed by atoms with Crippen molar-refractivity contribution < 1.29 is 4.79 Å². The fourth-order valence-electron chi connectivity index (χ4n) is 1.91. The predicted octanol–water partition coefficient (Wildman–Crippen LogP) is 4.15. The van der Waals surface area contributed by atoms with Gasteiger partial charge in [-0.1, -0.05) is 11.6 Å². The van der Waals surface area contributed by atoms with Crippen LogP contribution in [0.15, 0.2) is 21.1 Å². The molecule has 6 heteroatoms. The van der Waals surface area contributed by atoms with Gasteiger partial charge in [0.25, 0.3) is 0 Å². The standard InChI is InChI=1S/C11H10Br2ClNOS/c12-8-2-7(14)3-9(13)11(8)15-4-6(5-17)1-10(15)16/h2-3,6,17H,1,4-5H2. The zero-order valence-electron chi connectivity index (χ0n) is 8.79. The van der Waals surface area contributed by atoms with Crippen LogP contribution in [-0.2, 0) is 4.79 Å². The zero-order chi connectivity index (χ0) is 12.6. The van der Waals surface area contributed by atoms with Crippen LogP contribution >= 0.6 is 56.1 Å². The maximum absolute atomic E-state index is 12.0. The Labute approximate surface area is 127 Å². The van der Waals surface area contributed by atoms with Gasteiger partial charge in [0, 0.05) is 26.9 Å². The number of amides is 1. The van der Waals surface area contributed by atoms with E-state index < -0.39 is 0 Å². The molecule has 1 unspecified atom stereocenters. The second kappa shape index (κ2) is 5.51. The largest absolute Gasteiger partial charge is 0.310 e. The van der Waals surface area contributed by atoms with E-state index in [-0.39, 0.29) is 5.91 Å². The van der Waals surface area contributed by atoms with Crippen molar-refractivity contribution in [3.63, 3.8) is 0 Å². The Morgan fingerprint density at radius 3 is 2.47 bits per heavy atom. The molecule has 0 saturated carbocycles. The molecule has 0 aliphatic carbocycles. The lowest BCUT2D eigenvalue weighted by Gasteiger charge is -2.20. The molecule has 0 radical (unpaired) electrons. The van der Waals surface area contributed by atoms with E-state index in [1.54, 1.807) is 17.0 Å². The van der Waals surface area contributed by atoms with E-state index in [0.717, 1.165) is 20.4 Å². The molecule has 2 rings (SSSR count). The fraction of sp³-hybridized carbons (Fsp3) is 0.364. The molecule has 1 aromatic rings. The van der Waals surface area contributed by atoms with E-state index in [9.17, 15) is 4.79 Å². The van der Waals surface area contributed by atoms with Crippen molar-refractivity contribution in [1.82, 2.24) is 0 Å². The topological polar surface area (TPSA) is 20.3 Å². The summed E-state index contributed by atoms with van der Waals surface area (Å²) in [7, 11) is 0. The van der Waals surface area contributed by atoms with E-state index in [1.165, 1.54) is 0 Å². The van der Waals surface area contributed by atoms with Crippen molar-refractivity contribution in [3.05, 3.63) is 26.1 Å². The molecule has 2 nitrogen and oxygen atoms in total. The molecule has 0 aromatic heterocycles. The molecule has 17 heavy (non-hydrogen) atoms. The summed E-state index contributed by atoms with van der Waals surface area (Å²) in [6.07, 6.45) is 0.561. The maximum Gasteiger partial charge on any atom is 0.227 e. The van der Waals surface area contributed by atoms with Crippen LogP contribution < -0.4 is 4.90 Å². The Morgan fingerprint density at radius 2 is 2.00 bits per heavy atom. The molecule has 1 fully saturated rings. The van der Waals surface area contributed by atoms with Gasteiger partial charge in [-0.05, 0) is 55.7 Å². The van der Waals surface area contributed by atoms with E-state index >= 15 is 0 Å². The zero-order valence-corrected chi connectivity index (χ0v) is 13.6. The first-order valence-corrected chi connectivity index (χ1v) is 7.68. The second-order valence-electron chi connectivity index (χ2n) is 3.98. The van der Waals surface area contributed by atoms with Gasteiger partial charge in [-0.2, -0.15) is 12.6 Å². The Kier molecular flexibility index (Phi) is 4.45. The van der Waals surface area contributed by atoms with Gasteiger partial charge in [-0.25, -0.2) is 0 Å². The number of rotatable bonds is 2. The molecular formula is C11H10Br2ClNOS. The van der Waals surface area contributed by atoms with Gasteiger partial charge in [0.2, 0.25) is 5.91 Å². The lowest BCUT2D eigenvalue weighted by molar-refractivity contribution is -0.117. The summed E-state index contributed by atoms with van der Waals surface area (Å²) < 4.78 is 1.65. The Hall–Kier alpha value is 0.290. The monoisotopic (exact) mass is 397 g/mol. The molecule has 1 heterocycles. The predicted molar refractivity (Wildman–Crippen MR) is 81.2 cm³/mol. The van der Waals surface area contributed by atoms with Crippen LogP contribution in [0.25, 0.3) is 0 Å². The summed E-state index contributed by atoms with van der Waals surface area (Å²) >= 11 is 17.1. The lowest BCUT2D eigenvalue weighted by atomic mass is 10.1. The highest BCUT2D eigenvalue weighted by molar-refractivity contribution is 9.11. The molecule has 0 spiro atoms. The van der Waals surface area contributed by atoms with Crippen LogP contribution in [0.4, 0.5) is 5.69 Å². The number of thiol groups is 1. The first-order valence-electron chi connectivity index (χ1n) is 5.08. The molecule has 1 aliphatic heterocycles. The minimum atomic E-state index is 0.132. The Balaban J connectivity index is 2.38. The van der Waals surface area contributed by atoms with Crippen molar-refractivity contribution in [3.8, 4) is 0 Å². The average Bonchev–Trinajstić information content (AvgIpc) is 2.59. The van der Waals surface area contributed by atoms with Crippen molar-refractivity contribution in [2.24, 2.45) is 5.92 Å². The highest BCUT2D eigenvalue weighted by Gasteiger charge is 2.31. The number of carbonyl (C=O) groups excluding carboxylic acids is 1. The first-order chi connectivity index (χ1) is 8.02. The second-order valence-corrected chi connectivity index (χ2v) is 6.49. The van der Waals surface area contributed by atoms with E-state index in [1.807, 2.05) is 0 Å². The molecular weight excluding hydrogens is 389 g/mol. The van der Waals surface area contributed by atoms with Gasteiger partial charge in [0.1, 0.15) is 0 Å². The minimum Gasteiger partial charge on any atom is -0.310 e. The highest BCUT2D eigenvalue weighted by Crippen LogP contribution is 2.39. The Bertz CT molecular complexity index is 446. The summed E-state index contributed by atoms with van der Waals surface area (Å²) in [5.41, 5.74) is 0.851. The lowest BCUT2D eigenvalue weighted by Crippen LogP contribution is -2.25. The van der Waals surface area contributed by atoms with Gasteiger partial charge in [-0.3, -0.25) is 4.79 Å². The van der Waals surface area contributed by atoms with Crippen LogP contribution in [0.1, 0.15) is 6.42 Å². The molecule has 1 amide bonds. The number of hydrogen-bond acceptors (Lipinski definition) is 2. The molecule has 1 aromatic carbocycles. The third-order valence-electron chi connectivity index (χ3n) is 2.71. The molecule has 0 N–H and O–H groups in total. The molecule has 0 bridgehead atoms. The van der Waals surface area contributed by atoms with Gasteiger partial charge < -0.3 is 4.90 Å². The van der Waals surface area contributed by atoms with Crippen LogP contribution in [-0.4, -0.2) is 18.2 Å². The van der Waals surface area contributed by atoms with Crippen LogP contribution in [0.5, 0.6) is 0 Å². The summed E-state index contributed by atoms with van der Waals surface area (Å²) in [6, 6.07) is 3.59. The number of anilines is 1. The number of hydrogen-bond donors (Lipinski definition) is 1. The summed E-state index contributed by atoms with van der Waals surface area (Å²) in [6.45, 7) is 0.709. The average molecular weight is 400 g/mol. The van der Waals surface area contributed by atoms with Gasteiger partial charge in [0.15, 0.2) is 0 Å². The smallest absolute Gasteiger partial charge is 0.227 e. The van der Waals surface area contributed by atoms with Crippen molar-refractivity contribution >= 4 is 67.7 Å². The van der Waals surface area contributed by atoms with Crippen LogP contribution in [0, 0.1) is 5.92 Å². The number of carbonyl (C=O) groups is 1. The number of benzene rings is 1. The number of nitrogens with zero attached hydrogens (tertiary/aromatic N) is 1. The van der Waals surface area contributed by atoms with Crippen molar-refractivity contribution in [2.75, 3.05) is 17.2 Å². The number of halogens is 3. The molecule has 92 valence electrons. The third-order valence-corrected chi connectivity index (χ3v) is 4.66. The van der Waals surface area contributed by atoms with Gasteiger partial charge >= 0.3 is 0 Å². The van der Waals surface area contributed by atoms with E-state index in [2.05, 4.69) is 44.5 Å². The summed E-state index contributed by atoms with van der Waals surface area (Å²) in [5, 5.41) is 0.630. The van der Waals surface area contributed by atoms with E-state index in [0.29, 0.717) is 23.9 Å².